The number of carbonyl (C=O) groups is 1. The third-order valence-electron chi connectivity index (χ3n) is 5.61. The molecular formula is C21H22N6O2. The number of nitrogens with one attached hydrogen (secondary N) is 1. The predicted molar refractivity (Wildman–Crippen MR) is 110 cm³/mol. The molecule has 29 heavy (non-hydrogen) atoms. The van der Waals surface area contributed by atoms with Crippen LogP contribution in [-0.2, 0) is 11.3 Å². The molecule has 3 heterocycles. The second-order valence-corrected chi connectivity index (χ2v) is 7.61. The molecule has 1 aromatic carbocycles. The van der Waals surface area contributed by atoms with Crippen molar-refractivity contribution in [1.82, 2.24) is 24.0 Å². The van der Waals surface area contributed by atoms with E-state index in [2.05, 4.69) is 15.5 Å². The molecular weight excluding hydrogens is 368 g/mol. The summed E-state index contributed by atoms with van der Waals surface area (Å²) in [6, 6.07) is 11.3. The minimum Gasteiger partial charge on any atom is -0.309 e. The van der Waals surface area contributed by atoms with Crippen molar-refractivity contribution in [1.29, 1.82) is 0 Å². The average Bonchev–Trinajstić information content (AvgIpc) is 3.45. The first-order valence-corrected chi connectivity index (χ1v) is 9.93. The van der Waals surface area contributed by atoms with E-state index in [0.717, 1.165) is 24.1 Å². The lowest BCUT2D eigenvalue weighted by atomic mass is 10.2. The van der Waals surface area contributed by atoms with Gasteiger partial charge in [-0.3, -0.25) is 14.2 Å². The van der Waals surface area contributed by atoms with Crippen LogP contribution in [0.5, 0.6) is 0 Å². The van der Waals surface area contributed by atoms with Crippen LogP contribution in [0.3, 0.4) is 0 Å². The minimum atomic E-state index is -0.261. The van der Waals surface area contributed by atoms with Crippen LogP contribution in [0, 0.1) is 6.92 Å². The Hall–Kier alpha value is -3.42. The summed E-state index contributed by atoms with van der Waals surface area (Å²) in [5, 5.41) is 12.4. The van der Waals surface area contributed by atoms with E-state index in [4.69, 9.17) is 0 Å². The van der Waals surface area contributed by atoms with Crippen molar-refractivity contribution in [2.45, 2.75) is 45.2 Å². The van der Waals surface area contributed by atoms with Gasteiger partial charge in [-0.05, 0) is 31.9 Å². The van der Waals surface area contributed by atoms with Gasteiger partial charge in [0.05, 0.1) is 28.8 Å². The molecule has 1 saturated carbocycles. The molecule has 0 atom stereocenters. The van der Waals surface area contributed by atoms with E-state index in [1.54, 1.807) is 22.8 Å². The third-order valence-corrected chi connectivity index (χ3v) is 5.61. The largest absolute Gasteiger partial charge is 0.309 e. The zero-order chi connectivity index (χ0) is 20.0. The van der Waals surface area contributed by atoms with Gasteiger partial charge in [0.1, 0.15) is 18.0 Å². The van der Waals surface area contributed by atoms with E-state index in [0.29, 0.717) is 22.9 Å². The summed E-state index contributed by atoms with van der Waals surface area (Å²) >= 11 is 0. The van der Waals surface area contributed by atoms with Gasteiger partial charge in [0.25, 0.3) is 5.56 Å². The fraction of sp³-hybridized carbons (Fsp3) is 0.333. The number of hydrogen-bond acceptors (Lipinski definition) is 4. The number of aryl methyl sites for hydroxylation is 1. The van der Waals surface area contributed by atoms with Gasteiger partial charge in [-0.1, -0.05) is 25.0 Å². The van der Waals surface area contributed by atoms with Gasteiger partial charge in [-0.15, -0.1) is 0 Å². The van der Waals surface area contributed by atoms with Crippen LogP contribution in [0.1, 0.15) is 37.4 Å². The second kappa shape index (κ2) is 6.88. The Labute approximate surface area is 166 Å². The van der Waals surface area contributed by atoms with Gasteiger partial charge < -0.3 is 5.32 Å². The quantitative estimate of drug-likeness (QED) is 0.580. The van der Waals surface area contributed by atoms with E-state index in [1.165, 1.54) is 17.4 Å². The number of nitrogens with zero attached hydrogens (tertiary/aromatic N) is 5. The molecule has 8 nitrogen and oxygen atoms in total. The fourth-order valence-electron chi connectivity index (χ4n) is 4.28. The van der Waals surface area contributed by atoms with Crippen molar-refractivity contribution in [3.05, 3.63) is 58.6 Å². The number of hydrogen-bond donors (Lipinski definition) is 1. The smallest absolute Gasteiger partial charge is 0.262 e. The highest BCUT2D eigenvalue weighted by Crippen LogP contribution is 2.31. The van der Waals surface area contributed by atoms with E-state index >= 15 is 0 Å². The molecule has 0 unspecified atom stereocenters. The molecule has 0 aliphatic heterocycles. The van der Waals surface area contributed by atoms with Crippen LogP contribution in [0.15, 0.2) is 47.4 Å². The zero-order valence-electron chi connectivity index (χ0n) is 16.2. The Morgan fingerprint density at radius 1 is 1.21 bits per heavy atom. The predicted octanol–water partition coefficient (Wildman–Crippen LogP) is 2.91. The number of aromatic nitrogens is 5. The fourth-order valence-corrected chi connectivity index (χ4v) is 4.28. The zero-order valence-corrected chi connectivity index (χ0v) is 16.2. The van der Waals surface area contributed by atoms with Crippen molar-refractivity contribution in [2.24, 2.45) is 0 Å². The molecule has 1 aliphatic carbocycles. The molecule has 5 rings (SSSR count). The lowest BCUT2D eigenvalue weighted by molar-refractivity contribution is -0.116. The van der Waals surface area contributed by atoms with Crippen LogP contribution >= 0.6 is 0 Å². The lowest BCUT2D eigenvalue weighted by Crippen LogP contribution is -2.30. The summed E-state index contributed by atoms with van der Waals surface area (Å²) in [6.07, 6.45) is 6.22. The second-order valence-electron chi connectivity index (χ2n) is 7.61. The Morgan fingerprint density at radius 2 is 2.00 bits per heavy atom. The van der Waals surface area contributed by atoms with Gasteiger partial charge in [-0.25, -0.2) is 9.20 Å². The number of para-hydroxylation sites is 1. The highest BCUT2D eigenvalue weighted by Gasteiger charge is 2.21. The number of carbonyl (C=O) groups excluding carboxylic acids is 1. The van der Waals surface area contributed by atoms with Gasteiger partial charge in [0.2, 0.25) is 5.91 Å². The average molecular weight is 390 g/mol. The van der Waals surface area contributed by atoms with Crippen LogP contribution in [-0.4, -0.2) is 29.9 Å². The molecule has 4 aromatic rings. The molecule has 0 saturated heterocycles. The first-order valence-electron chi connectivity index (χ1n) is 9.93. The topological polar surface area (TPSA) is 86.2 Å². The lowest BCUT2D eigenvalue weighted by Gasteiger charge is -2.15. The maximum Gasteiger partial charge on any atom is 0.262 e. The number of anilines is 1. The highest BCUT2D eigenvalue weighted by molar-refractivity contribution is 5.90. The first-order chi connectivity index (χ1) is 14.1. The summed E-state index contributed by atoms with van der Waals surface area (Å²) in [4.78, 5) is 25.9. The molecule has 1 N–H and O–H groups in total. The highest BCUT2D eigenvalue weighted by atomic mass is 16.2. The van der Waals surface area contributed by atoms with Crippen LogP contribution in [0.4, 0.5) is 5.82 Å². The summed E-state index contributed by atoms with van der Waals surface area (Å²) in [6.45, 7) is 1.78. The molecule has 0 radical (unpaired) electrons. The van der Waals surface area contributed by atoms with Crippen LogP contribution in [0.2, 0.25) is 0 Å². The third kappa shape index (κ3) is 3.00. The number of amides is 1. The normalized spacial score (nSPS) is 14.8. The molecule has 1 amide bonds. The van der Waals surface area contributed by atoms with Gasteiger partial charge >= 0.3 is 0 Å². The van der Waals surface area contributed by atoms with E-state index in [-0.39, 0.29) is 18.0 Å². The number of benzene rings is 1. The number of rotatable bonds is 4. The monoisotopic (exact) mass is 390 g/mol. The summed E-state index contributed by atoms with van der Waals surface area (Å²) < 4.78 is 5.10. The molecule has 3 aromatic heterocycles. The van der Waals surface area contributed by atoms with Crippen LogP contribution in [0.25, 0.3) is 16.6 Å². The SMILES string of the molecule is Cc1cc2n(CC(=O)Nc3ccnn3C3CCCC3)c(=O)c3ccccc3n2n1. The van der Waals surface area contributed by atoms with Gasteiger partial charge in [0, 0.05) is 12.1 Å². The van der Waals surface area contributed by atoms with Crippen molar-refractivity contribution in [3.63, 3.8) is 0 Å². The van der Waals surface area contributed by atoms with E-state index in [9.17, 15) is 9.59 Å². The van der Waals surface area contributed by atoms with Crippen LogP contribution < -0.4 is 10.9 Å². The summed E-state index contributed by atoms with van der Waals surface area (Å²) in [5.74, 6) is 0.416. The molecule has 1 fully saturated rings. The van der Waals surface area contributed by atoms with Crippen molar-refractivity contribution >= 4 is 28.3 Å². The summed E-state index contributed by atoms with van der Waals surface area (Å²) in [7, 11) is 0. The maximum absolute atomic E-state index is 13.1. The molecule has 0 bridgehead atoms. The standard InChI is InChI=1S/C21H22N6O2/c1-14-12-20-25(21(29)16-8-4-5-9-17(16)27(20)24-14)13-19(28)23-18-10-11-22-26(18)15-6-2-3-7-15/h4-5,8-12,15H,2-3,6-7,13H2,1H3,(H,23,28). The Morgan fingerprint density at radius 3 is 2.83 bits per heavy atom. The van der Waals surface area contributed by atoms with E-state index < -0.39 is 0 Å². The Bertz CT molecular complexity index is 1280. The molecule has 1 aliphatic rings. The molecule has 8 heteroatoms. The van der Waals surface area contributed by atoms with Crippen molar-refractivity contribution in [2.75, 3.05) is 5.32 Å². The number of fused-ring (bicyclic) bond motifs is 3. The van der Waals surface area contributed by atoms with Gasteiger partial charge in [0.15, 0.2) is 0 Å². The van der Waals surface area contributed by atoms with Crippen molar-refractivity contribution in [3.8, 4) is 0 Å². The Kier molecular flexibility index (Phi) is 4.19. The minimum absolute atomic E-state index is 0.0891. The molecule has 148 valence electrons. The molecule has 0 spiro atoms. The van der Waals surface area contributed by atoms with Gasteiger partial charge in [-0.2, -0.15) is 10.2 Å². The van der Waals surface area contributed by atoms with Crippen molar-refractivity contribution < 1.29 is 4.79 Å². The first kappa shape index (κ1) is 17.7. The van der Waals surface area contributed by atoms with E-state index in [1.807, 2.05) is 35.9 Å². The maximum atomic E-state index is 13.1. The Balaban J connectivity index is 1.50. The summed E-state index contributed by atoms with van der Waals surface area (Å²) in [5.41, 5.74) is 1.92.